The summed E-state index contributed by atoms with van der Waals surface area (Å²) in [4.78, 5) is 16.0. The van der Waals surface area contributed by atoms with E-state index in [0.717, 1.165) is 37.3 Å². The smallest absolute Gasteiger partial charge is 0.416 e. The van der Waals surface area contributed by atoms with E-state index in [-0.39, 0.29) is 18.3 Å². The van der Waals surface area contributed by atoms with Crippen molar-refractivity contribution in [3.63, 3.8) is 0 Å². The molecule has 2 heterocycles. The Bertz CT molecular complexity index is 1030. The maximum Gasteiger partial charge on any atom is 0.416 e. The summed E-state index contributed by atoms with van der Waals surface area (Å²) in [6.45, 7) is 1.35. The number of carbonyl (C=O) groups excluding carboxylic acids is 1. The number of thiophene rings is 1. The second kappa shape index (κ2) is 8.39. The lowest BCUT2D eigenvalue weighted by Crippen LogP contribution is -2.30. The first-order chi connectivity index (χ1) is 14.4. The highest BCUT2D eigenvalue weighted by atomic mass is 32.1. The van der Waals surface area contributed by atoms with Crippen LogP contribution >= 0.6 is 11.3 Å². The molecule has 0 fully saturated rings. The molecule has 156 valence electrons. The Morgan fingerprint density at radius 3 is 2.63 bits per heavy atom. The zero-order valence-electron chi connectivity index (χ0n) is 15.9. The largest absolute Gasteiger partial charge is 0.484 e. The quantitative estimate of drug-likeness (QED) is 0.591. The van der Waals surface area contributed by atoms with Crippen molar-refractivity contribution in [2.24, 2.45) is 0 Å². The first kappa shape index (κ1) is 20.3. The number of hydrogen-bond donors (Lipinski definition) is 1. The summed E-state index contributed by atoms with van der Waals surface area (Å²) in [5.74, 6) is -0.178. The molecule has 30 heavy (non-hydrogen) atoms. The Morgan fingerprint density at radius 2 is 1.87 bits per heavy atom. The molecule has 0 atom stereocenters. The van der Waals surface area contributed by atoms with E-state index in [4.69, 9.17) is 4.74 Å². The molecule has 1 aliphatic rings. The zero-order chi connectivity index (χ0) is 21.1. The number of fused-ring (bicyclic) bond motifs is 1. The van der Waals surface area contributed by atoms with Gasteiger partial charge in [-0.1, -0.05) is 12.1 Å². The summed E-state index contributed by atoms with van der Waals surface area (Å²) in [5, 5.41) is 4.95. The highest BCUT2D eigenvalue weighted by Gasteiger charge is 2.30. The molecule has 1 aromatic heterocycles. The molecule has 1 amide bonds. The molecule has 2 aromatic carbocycles. The van der Waals surface area contributed by atoms with Gasteiger partial charge < -0.3 is 15.0 Å². The van der Waals surface area contributed by atoms with Crippen LogP contribution in [0.4, 0.5) is 24.5 Å². The Hall–Kier alpha value is -3.00. The normalized spacial score (nSPS) is 13.6. The summed E-state index contributed by atoms with van der Waals surface area (Å²) < 4.78 is 43.2. The van der Waals surface area contributed by atoms with E-state index in [1.165, 1.54) is 22.6 Å². The summed E-state index contributed by atoms with van der Waals surface area (Å²) >= 11 is 1.77. The lowest BCUT2D eigenvalue weighted by Gasteiger charge is -2.30. The topological polar surface area (TPSA) is 41.6 Å². The SMILES string of the molecule is O=C(COc1ccc(C(F)(F)F)cc1)Nc1ccccc1N1CCc2sccc2C1. The van der Waals surface area contributed by atoms with Gasteiger partial charge in [-0.05, 0) is 59.8 Å². The molecule has 0 spiro atoms. The monoisotopic (exact) mass is 432 g/mol. The summed E-state index contributed by atoms with van der Waals surface area (Å²) in [5.41, 5.74) is 2.15. The Kier molecular flexibility index (Phi) is 5.67. The van der Waals surface area contributed by atoms with Crippen molar-refractivity contribution in [2.75, 3.05) is 23.4 Å². The van der Waals surface area contributed by atoms with Crippen LogP contribution in [0.25, 0.3) is 0 Å². The van der Waals surface area contributed by atoms with Crippen LogP contribution in [0, 0.1) is 0 Å². The van der Waals surface area contributed by atoms with E-state index in [2.05, 4.69) is 21.7 Å². The molecule has 4 rings (SSSR count). The van der Waals surface area contributed by atoms with Crippen LogP contribution in [0.15, 0.2) is 60.0 Å². The Labute approximate surface area is 175 Å². The fourth-order valence-electron chi connectivity index (χ4n) is 3.38. The van der Waals surface area contributed by atoms with Crippen molar-refractivity contribution in [3.05, 3.63) is 76.0 Å². The third kappa shape index (κ3) is 4.59. The number of ether oxygens (including phenoxy) is 1. The van der Waals surface area contributed by atoms with Crippen molar-refractivity contribution >= 4 is 28.6 Å². The van der Waals surface area contributed by atoms with Crippen molar-refractivity contribution in [1.29, 1.82) is 0 Å². The number of benzene rings is 2. The number of halogens is 3. The molecule has 0 saturated carbocycles. The van der Waals surface area contributed by atoms with E-state index >= 15 is 0 Å². The van der Waals surface area contributed by atoms with Crippen LogP contribution in [-0.4, -0.2) is 19.1 Å². The Balaban J connectivity index is 1.38. The van der Waals surface area contributed by atoms with E-state index in [1.54, 1.807) is 11.3 Å². The third-order valence-electron chi connectivity index (χ3n) is 4.88. The van der Waals surface area contributed by atoms with Gasteiger partial charge in [-0.2, -0.15) is 13.2 Å². The molecular weight excluding hydrogens is 413 g/mol. The van der Waals surface area contributed by atoms with Gasteiger partial charge in [0.2, 0.25) is 0 Å². The minimum Gasteiger partial charge on any atom is -0.484 e. The van der Waals surface area contributed by atoms with Gasteiger partial charge in [0, 0.05) is 18.0 Å². The maximum atomic E-state index is 12.6. The Morgan fingerprint density at radius 1 is 1.10 bits per heavy atom. The van der Waals surface area contributed by atoms with Crippen molar-refractivity contribution < 1.29 is 22.7 Å². The average Bonchev–Trinajstić information content (AvgIpc) is 3.20. The van der Waals surface area contributed by atoms with Gasteiger partial charge in [0.1, 0.15) is 5.75 Å². The molecule has 8 heteroatoms. The van der Waals surface area contributed by atoms with Crippen LogP contribution < -0.4 is 15.0 Å². The number of carbonyl (C=O) groups is 1. The zero-order valence-corrected chi connectivity index (χ0v) is 16.7. The van der Waals surface area contributed by atoms with E-state index in [0.29, 0.717) is 5.69 Å². The second-order valence-corrected chi connectivity index (χ2v) is 7.92. The molecule has 3 aromatic rings. The van der Waals surface area contributed by atoms with Gasteiger partial charge in [-0.3, -0.25) is 4.79 Å². The van der Waals surface area contributed by atoms with Gasteiger partial charge in [0.05, 0.1) is 16.9 Å². The second-order valence-electron chi connectivity index (χ2n) is 6.92. The number of hydrogen-bond acceptors (Lipinski definition) is 4. The molecule has 1 aliphatic heterocycles. The maximum absolute atomic E-state index is 12.6. The van der Waals surface area contributed by atoms with Crippen LogP contribution in [0.3, 0.4) is 0 Å². The molecule has 0 bridgehead atoms. The molecule has 4 nitrogen and oxygen atoms in total. The molecule has 0 aliphatic carbocycles. The van der Waals surface area contributed by atoms with Gasteiger partial charge in [0.15, 0.2) is 6.61 Å². The highest BCUT2D eigenvalue weighted by Crippen LogP contribution is 2.32. The molecular formula is C22H19F3N2O2S. The van der Waals surface area contributed by atoms with E-state index < -0.39 is 11.7 Å². The minimum atomic E-state index is -4.40. The van der Waals surface area contributed by atoms with Crippen molar-refractivity contribution in [2.45, 2.75) is 19.1 Å². The first-order valence-corrected chi connectivity index (χ1v) is 10.3. The van der Waals surface area contributed by atoms with Crippen LogP contribution in [0.2, 0.25) is 0 Å². The van der Waals surface area contributed by atoms with Crippen LogP contribution in [-0.2, 0) is 23.9 Å². The molecule has 0 unspecified atom stereocenters. The lowest BCUT2D eigenvalue weighted by molar-refractivity contribution is -0.137. The summed E-state index contributed by atoms with van der Waals surface area (Å²) in [6, 6.07) is 14.0. The highest BCUT2D eigenvalue weighted by molar-refractivity contribution is 7.10. The predicted octanol–water partition coefficient (Wildman–Crippen LogP) is 5.35. The fourth-order valence-corrected chi connectivity index (χ4v) is 4.27. The van der Waals surface area contributed by atoms with Crippen molar-refractivity contribution in [1.82, 2.24) is 0 Å². The van der Waals surface area contributed by atoms with Crippen LogP contribution in [0.5, 0.6) is 5.75 Å². The van der Waals surface area contributed by atoms with E-state index in [1.807, 2.05) is 24.3 Å². The number of para-hydroxylation sites is 2. The lowest BCUT2D eigenvalue weighted by atomic mass is 10.1. The van der Waals surface area contributed by atoms with Crippen molar-refractivity contribution in [3.8, 4) is 5.75 Å². The predicted molar refractivity (Wildman–Crippen MR) is 111 cm³/mol. The number of nitrogens with one attached hydrogen (secondary N) is 1. The molecule has 1 N–H and O–H groups in total. The number of nitrogens with zero attached hydrogens (tertiary/aromatic N) is 1. The third-order valence-corrected chi connectivity index (χ3v) is 5.90. The number of amides is 1. The number of anilines is 2. The van der Waals surface area contributed by atoms with Gasteiger partial charge in [-0.25, -0.2) is 0 Å². The molecule has 0 saturated heterocycles. The standard InChI is InChI=1S/C22H19F3N2O2S/c23-22(24,25)16-5-7-17(8-6-16)29-14-21(28)26-18-3-1-2-4-19(18)27-11-9-20-15(13-27)10-12-30-20/h1-8,10,12H,9,11,13-14H2,(H,26,28). The van der Waals surface area contributed by atoms with Gasteiger partial charge in [-0.15, -0.1) is 11.3 Å². The summed E-state index contributed by atoms with van der Waals surface area (Å²) in [6.07, 6.45) is -3.44. The fraction of sp³-hybridized carbons (Fsp3) is 0.227. The number of rotatable bonds is 5. The van der Waals surface area contributed by atoms with Gasteiger partial charge in [0.25, 0.3) is 5.91 Å². The average molecular weight is 432 g/mol. The number of alkyl halides is 3. The van der Waals surface area contributed by atoms with Crippen LogP contribution in [0.1, 0.15) is 16.0 Å². The first-order valence-electron chi connectivity index (χ1n) is 9.39. The molecule has 0 radical (unpaired) electrons. The van der Waals surface area contributed by atoms with Gasteiger partial charge >= 0.3 is 6.18 Å². The minimum absolute atomic E-state index is 0.201. The summed E-state index contributed by atoms with van der Waals surface area (Å²) in [7, 11) is 0. The van der Waals surface area contributed by atoms with E-state index in [9.17, 15) is 18.0 Å².